The normalized spacial score (nSPS) is 17.1. The maximum absolute atomic E-state index is 13.6. The van der Waals surface area contributed by atoms with Crippen molar-refractivity contribution in [2.45, 2.75) is 53.0 Å². The first-order chi connectivity index (χ1) is 18.1. The summed E-state index contributed by atoms with van der Waals surface area (Å²) in [5.41, 5.74) is 3.39. The fraction of sp³-hybridized carbons (Fsp3) is 0.312. The monoisotopic (exact) mass is 513 g/mol. The Labute approximate surface area is 224 Å². The van der Waals surface area contributed by atoms with Crippen molar-refractivity contribution in [3.05, 3.63) is 94.6 Å². The number of aliphatic hydroxyl groups is 1. The second kappa shape index (κ2) is 10.7. The first kappa shape index (κ1) is 27.0. The largest absolute Gasteiger partial charge is 0.507 e. The van der Waals surface area contributed by atoms with E-state index < -0.39 is 17.7 Å². The molecule has 1 saturated heterocycles. The van der Waals surface area contributed by atoms with Gasteiger partial charge in [-0.2, -0.15) is 0 Å². The van der Waals surface area contributed by atoms with Gasteiger partial charge in [-0.15, -0.1) is 0 Å². The van der Waals surface area contributed by atoms with Crippen LogP contribution in [0.2, 0.25) is 0 Å². The number of aliphatic hydroxyl groups excluding tert-OH is 1. The summed E-state index contributed by atoms with van der Waals surface area (Å²) in [6, 6.07) is 19.4. The quantitative estimate of drug-likeness (QED) is 0.216. The van der Waals surface area contributed by atoms with Gasteiger partial charge in [0.25, 0.3) is 11.7 Å². The van der Waals surface area contributed by atoms with E-state index in [0.29, 0.717) is 41.5 Å². The molecule has 198 valence electrons. The molecule has 1 aliphatic rings. The number of rotatable bonds is 7. The fourth-order valence-corrected chi connectivity index (χ4v) is 4.73. The van der Waals surface area contributed by atoms with E-state index in [2.05, 4.69) is 20.8 Å². The van der Waals surface area contributed by atoms with Crippen molar-refractivity contribution in [3.63, 3.8) is 0 Å². The predicted molar refractivity (Wildman–Crippen MR) is 150 cm³/mol. The smallest absolute Gasteiger partial charge is 0.300 e. The van der Waals surface area contributed by atoms with Gasteiger partial charge in [0.05, 0.1) is 24.8 Å². The molecule has 1 unspecified atom stereocenters. The molecule has 1 heterocycles. The summed E-state index contributed by atoms with van der Waals surface area (Å²) in [5.74, 6) is -0.442. The molecule has 0 aromatic heterocycles. The summed E-state index contributed by atoms with van der Waals surface area (Å²) < 4.78 is 11.4. The van der Waals surface area contributed by atoms with Crippen molar-refractivity contribution in [3.8, 4) is 11.5 Å². The Kier molecular flexibility index (Phi) is 7.63. The van der Waals surface area contributed by atoms with Crippen molar-refractivity contribution in [2.75, 3.05) is 18.1 Å². The van der Waals surface area contributed by atoms with Gasteiger partial charge in [0.2, 0.25) is 0 Å². The predicted octanol–water partition coefficient (Wildman–Crippen LogP) is 6.72. The molecule has 0 bridgehead atoms. The molecule has 1 atom stereocenters. The molecule has 6 heteroatoms. The van der Waals surface area contributed by atoms with E-state index in [4.69, 9.17) is 9.47 Å². The molecule has 3 aromatic rings. The zero-order valence-corrected chi connectivity index (χ0v) is 22.9. The number of anilines is 1. The Morgan fingerprint density at radius 3 is 2.16 bits per heavy atom. The molecule has 1 amide bonds. The number of ketones is 1. The van der Waals surface area contributed by atoms with Crippen LogP contribution in [0.3, 0.4) is 0 Å². The van der Waals surface area contributed by atoms with Gasteiger partial charge in [-0.1, -0.05) is 51.1 Å². The maximum Gasteiger partial charge on any atom is 0.300 e. The van der Waals surface area contributed by atoms with Crippen LogP contribution in [-0.4, -0.2) is 30.0 Å². The molecule has 6 nitrogen and oxygen atoms in total. The van der Waals surface area contributed by atoms with Gasteiger partial charge in [0, 0.05) is 17.3 Å². The molecule has 0 spiro atoms. The third-order valence-corrected chi connectivity index (χ3v) is 6.69. The Balaban J connectivity index is 1.97. The van der Waals surface area contributed by atoms with Crippen LogP contribution in [0.5, 0.6) is 11.5 Å². The van der Waals surface area contributed by atoms with Crippen LogP contribution in [0, 0.1) is 6.92 Å². The first-order valence-electron chi connectivity index (χ1n) is 12.9. The number of hydrogen-bond acceptors (Lipinski definition) is 5. The first-order valence-corrected chi connectivity index (χ1v) is 12.9. The standard InChI is InChI=1S/C32H35NO5/c1-7-37-24-13-9-11-21(17-24)28-27(29(34)26-18-22(32(4,5)6)16-15-20(26)3)30(35)31(36)33(28)23-12-10-14-25(19-23)38-8-2/h9-19,28,34H,7-8H2,1-6H3/b29-27+. The number of carbonyl (C=O) groups excluding carboxylic acids is 2. The Morgan fingerprint density at radius 2 is 1.53 bits per heavy atom. The van der Waals surface area contributed by atoms with Gasteiger partial charge in [-0.3, -0.25) is 14.5 Å². The minimum absolute atomic E-state index is 0.0413. The molecule has 1 fully saturated rings. The second-order valence-corrected chi connectivity index (χ2v) is 10.4. The SMILES string of the molecule is CCOc1cccc(C2/C(=C(\O)c3cc(C(C)(C)C)ccc3C)C(=O)C(=O)N2c2cccc(OCC)c2)c1. The third-order valence-electron chi connectivity index (χ3n) is 6.69. The molecule has 1 N–H and O–H groups in total. The van der Waals surface area contributed by atoms with Crippen molar-refractivity contribution < 1.29 is 24.2 Å². The number of nitrogens with zero attached hydrogens (tertiary/aromatic N) is 1. The van der Waals surface area contributed by atoms with Crippen molar-refractivity contribution in [1.82, 2.24) is 0 Å². The van der Waals surface area contributed by atoms with Gasteiger partial charge in [-0.25, -0.2) is 0 Å². The van der Waals surface area contributed by atoms with Crippen LogP contribution in [0.25, 0.3) is 5.76 Å². The highest BCUT2D eigenvalue weighted by molar-refractivity contribution is 6.51. The third kappa shape index (κ3) is 5.17. The maximum atomic E-state index is 13.6. The molecule has 0 radical (unpaired) electrons. The molecule has 3 aromatic carbocycles. The van der Waals surface area contributed by atoms with E-state index in [-0.39, 0.29) is 16.7 Å². The minimum Gasteiger partial charge on any atom is -0.507 e. The molecular formula is C32H35NO5. The highest BCUT2D eigenvalue weighted by Gasteiger charge is 2.47. The van der Waals surface area contributed by atoms with Crippen molar-refractivity contribution >= 4 is 23.1 Å². The minimum atomic E-state index is -0.857. The number of benzene rings is 3. The average Bonchev–Trinajstić information content (AvgIpc) is 3.14. The molecule has 1 aliphatic heterocycles. The number of hydrogen-bond donors (Lipinski definition) is 1. The summed E-state index contributed by atoms with van der Waals surface area (Å²) >= 11 is 0. The van der Waals surface area contributed by atoms with E-state index in [0.717, 1.165) is 11.1 Å². The number of ether oxygens (including phenoxy) is 2. The van der Waals surface area contributed by atoms with Crippen LogP contribution in [-0.2, 0) is 15.0 Å². The summed E-state index contributed by atoms with van der Waals surface area (Å²) in [5, 5.41) is 11.7. The zero-order chi connectivity index (χ0) is 27.6. The van der Waals surface area contributed by atoms with Crippen LogP contribution in [0.15, 0.2) is 72.3 Å². The van der Waals surface area contributed by atoms with E-state index >= 15 is 0 Å². The van der Waals surface area contributed by atoms with E-state index in [1.807, 2.05) is 63.2 Å². The Morgan fingerprint density at radius 1 is 0.895 bits per heavy atom. The van der Waals surface area contributed by atoms with Crippen molar-refractivity contribution in [2.24, 2.45) is 0 Å². The zero-order valence-electron chi connectivity index (χ0n) is 22.9. The van der Waals surface area contributed by atoms with E-state index in [9.17, 15) is 14.7 Å². The van der Waals surface area contributed by atoms with Crippen LogP contribution < -0.4 is 14.4 Å². The molecule has 0 saturated carbocycles. The molecule has 38 heavy (non-hydrogen) atoms. The van der Waals surface area contributed by atoms with Gasteiger partial charge in [0.1, 0.15) is 17.3 Å². The lowest BCUT2D eigenvalue weighted by molar-refractivity contribution is -0.132. The number of amides is 1. The van der Waals surface area contributed by atoms with Gasteiger partial charge in [0.15, 0.2) is 0 Å². The Bertz CT molecular complexity index is 1400. The van der Waals surface area contributed by atoms with E-state index in [1.165, 1.54) is 4.90 Å². The van der Waals surface area contributed by atoms with Crippen LogP contribution in [0.4, 0.5) is 5.69 Å². The van der Waals surface area contributed by atoms with Crippen molar-refractivity contribution in [1.29, 1.82) is 0 Å². The van der Waals surface area contributed by atoms with Gasteiger partial charge >= 0.3 is 0 Å². The summed E-state index contributed by atoms with van der Waals surface area (Å²) in [6.45, 7) is 12.9. The summed E-state index contributed by atoms with van der Waals surface area (Å²) in [4.78, 5) is 28.7. The highest BCUT2D eigenvalue weighted by Crippen LogP contribution is 2.44. The van der Waals surface area contributed by atoms with Crippen LogP contribution in [0.1, 0.15) is 62.9 Å². The van der Waals surface area contributed by atoms with Gasteiger partial charge in [-0.05, 0) is 73.2 Å². The van der Waals surface area contributed by atoms with Crippen LogP contribution >= 0.6 is 0 Å². The average molecular weight is 514 g/mol. The second-order valence-electron chi connectivity index (χ2n) is 10.4. The number of Topliss-reactive ketones (excluding diaryl/α,β-unsaturated/α-hetero) is 1. The molecule has 0 aliphatic carbocycles. The lowest BCUT2D eigenvalue weighted by Gasteiger charge is -2.26. The lowest BCUT2D eigenvalue weighted by atomic mass is 9.84. The molecule has 4 rings (SSSR count). The molecular weight excluding hydrogens is 478 g/mol. The topological polar surface area (TPSA) is 76.1 Å². The van der Waals surface area contributed by atoms with Gasteiger partial charge < -0.3 is 14.6 Å². The fourth-order valence-electron chi connectivity index (χ4n) is 4.73. The Hall–Kier alpha value is -4.06. The van der Waals surface area contributed by atoms with E-state index in [1.54, 1.807) is 24.3 Å². The summed E-state index contributed by atoms with van der Waals surface area (Å²) in [6.07, 6.45) is 0. The lowest BCUT2D eigenvalue weighted by Crippen LogP contribution is -2.29. The highest BCUT2D eigenvalue weighted by atomic mass is 16.5. The number of carbonyl (C=O) groups is 2. The number of aryl methyl sites for hydroxylation is 1. The summed E-state index contributed by atoms with van der Waals surface area (Å²) in [7, 11) is 0.